The molecule has 0 bridgehead atoms. The van der Waals surface area contributed by atoms with E-state index in [1.54, 1.807) is 0 Å². The van der Waals surface area contributed by atoms with Crippen molar-refractivity contribution in [2.75, 3.05) is 5.32 Å². The number of fused-ring (bicyclic) bond motifs is 15. The fourth-order valence-electron chi connectivity index (χ4n) is 11.9. The highest BCUT2D eigenvalue weighted by Crippen LogP contribution is 2.53. The Labute approximate surface area is 408 Å². The summed E-state index contributed by atoms with van der Waals surface area (Å²) >= 11 is 3.88. The molecule has 13 rings (SSSR count). The van der Waals surface area contributed by atoms with E-state index in [2.05, 4.69) is 220 Å². The molecule has 1 N–H and O–H groups in total. The topological polar surface area (TPSA) is 17.0 Å². The molecule has 4 heterocycles. The highest BCUT2D eigenvalue weighted by Gasteiger charge is 2.39. The average molecular weight is 917 g/mol. The lowest BCUT2D eigenvalue weighted by atomic mass is 9.58. The largest absolute Gasteiger partial charge is 0.355 e. The van der Waals surface area contributed by atoms with Gasteiger partial charge >= 0.3 is 0 Å². The lowest BCUT2D eigenvalue weighted by molar-refractivity contribution is 0.590. The molecule has 2 aliphatic rings. The molecule has 0 fully saturated rings. The van der Waals surface area contributed by atoms with Gasteiger partial charge in [0.15, 0.2) is 7.28 Å². The van der Waals surface area contributed by atoms with Crippen molar-refractivity contribution in [2.45, 2.75) is 97.8 Å². The Kier molecular flexibility index (Phi) is 8.64. The molecular weight excluding hydrogens is 860 g/mol. The molecule has 334 valence electrons. The summed E-state index contributed by atoms with van der Waals surface area (Å²) in [5, 5.41) is 12.2. The van der Waals surface area contributed by atoms with E-state index in [0.717, 1.165) is 18.7 Å². The van der Waals surface area contributed by atoms with E-state index in [9.17, 15) is 0 Å². The quantitative estimate of drug-likeness (QED) is 0.175. The Balaban J connectivity index is 1.20. The molecule has 0 spiro atoms. The minimum atomic E-state index is -0.111. The molecule has 5 heteroatoms. The maximum Gasteiger partial charge on any atom is 0.198 e. The van der Waals surface area contributed by atoms with Gasteiger partial charge in [0.25, 0.3) is 0 Å². The second-order valence-corrected chi connectivity index (χ2v) is 25.6. The molecule has 0 amide bonds. The van der Waals surface area contributed by atoms with Crippen LogP contribution in [0.3, 0.4) is 0 Å². The van der Waals surface area contributed by atoms with Crippen LogP contribution in [0.25, 0.3) is 90.1 Å². The van der Waals surface area contributed by atoms with Crippen molar-refractivity contribution in [1.82, 2.24) is 4.57 Å². The van der Waals surface area contributed by atoms with Crippen molar-refractivity contribution in [2.24, 2.45) is 0 Å². The molecule has 3 aromatic heterocycles. The summed E-state index contributed by atoms with van der Waals surface area (Å²) in [5.74, 6) is 0. The summed E-state index contributed by atoms with van der Waals surface area (Å²) in [6, 6.07) is 52.2. The lowest BCUT2D eigenvalue weighted by Crippen LogP contribution is -2.38. The molecule has 8 aromatic carbocycles. The van der Waals surface area contributed by atoms with Gasteiger partial charge in [-0.15, -0.1) is 22.7 Å². The van der Waals surface area contributed by atoms with E-state index < -0.39 is 0 Å². The monoisotopic (exact) mass is 916 g/mol. The van der Waals surface area contributed by atoms with Gasteiger partial charge in [-0.05, 0) is 127 Å². The zero-order chi connectivity index (χ0) is 47.0. The molecule has 11 aromatic rings. The third-order valence-corrected chi connectivity index (χ3v) is 18.0. The van der Waals surface area contributed by atoms with E-state index in [0.29, 0.717) is 0 Å². The molecule has 68 heavy (non-hydrogen) atoms. The van der Waals surface area contributed by atoms with Crippen molar-refractivity contribution in [1.29, 1.82) is 0 Å². The molecule has 1 aliphatic heterocycles. The minimum Gasteiger partial charge on any atom is -0.355 e. The summed E-state index contributed by atoms with van der Waals surface area (Å²) < 4.78 is 8.01. The van der Waals surface area contributed by atoms with Crippen LogP contribution in [0.15, 0.2) is 133 Å². The zero-order valence-corrected chi connectivity index (χ0v) is 42.8. The Morgan fingerprint density at radius 1 is 0.515 bits per heavy atom. The highest BCUT2D eigenvalue weighted by molar-refractivity contribution is 7.27. The Hall–Kier alpha value is -6.14. The molecule has 0 saturated heterocycles. The molecule has 0 radical (unpaired) electrons. The summed E-state index contributed by atoms with van der Waals surface area (Å²) in [6.45, 7) is 25.7. The number of anilines is 2. The molecular formula is C63H57BN2S2. The minimum absolute atomic E-state index is 0.00337. The maximum absolute atomic E-state index is 4.09. The van der Waals surface area contributed by atoms with Gasteiger partial charge in [-0.1, -0.05) is 154 Å². The Morgan fingerprint density at radius 2 is 1.16 bits per heavy atom. The van der Waals surface area contributed by atoms with E-state index in [4.69, 9.17) is 0 Å². The fraction of sp³-hybridized carbons (Fsp3) is 0.238. The second kappa shape index (κ2) is 14.0. The first-order chi connectivity index (χ1) is 32.3. The van der Waals surface area contributed by atoms with Crippen LogP contribution in [-0.2, 0) is 21.7 Å². The molecule has 0 unspecified atom stereocenters. The van der Waals surface area contributed by atoms with Crippen LogP contribution in [0.5, 0.6) is 0 Å². The first kappa shape index (κ1) is 42.0. The number of benzene rings is 8. The van der Waals surface area contributed by atoms with Crippen LogP contribution in [0, 0.1) is 0 Å². The predicted octanol–water partition coefficient (Wildman–Crippen LogP) is 16.8. The van der Waals surface area contributed by atoms with Gasteiger partial charge in [-0.3, -0.25) is 0 Å². The lowest BCUT2D eigenvalue weighted by Gasteiger charge is -2.27. The number of thiophene rings is 2. The van der Waals surface area contributed by atoms with Gasteiger partial charge in [-0.2, -0.15) is 0 Å². The number of nitrogens with zero attached hydrogens (tertiary/aromatic N) is 1. The van der Waals surface area contributed by atoms with E-state index in [1.165, 1.54) is 129 Å². The van der Waals surface area contributed by atoms with E-state index in [1.807, 2.05) is 22.7 Å². The van der Waals surface area contributed by atoms with Gasteiger partial charge in [0.2, 0.25) is 0 Å². The Morgan fingerprint density at radius 3 is 1.91 bits per heavy atom. The number of nitrogens with one attached hydrogen (secondary N) is 1. The number of hydrogen-bond acceptors (Lipinski definition) is 3. The van der Waals surface area contributed by atoms with E-state index >= 15 is 0 Å². The summed E-state index contributed by atoms with van der Waals surface area (Å²) in [5.41, 5.74) is 21.2. The standard InChI is InChI=1S/C63H57BN2S2/c1-60(2,3)34-20-24-37(25-21-34)65-48-33-53-42(41-28-36(62(7,8)9)23-27-52(41)67-53)30-43(48)54-55-39-17-13-15-19-51(39)68-59(55)56-44-29-35(61(4,5)6)22-26-49(44)66-50-32-46-40(31-47(50)64-57(54)58(56)66)38-16-12-14-18-45(38)63(46,10)11/h12-33,64-65H,1-11H3. The van der Waals surface area contributed by atoms with Crippen LogP contribution in [-0.4, -0.2) is 11.8 Å². The van der Waals surface area contributed by atoms with Crippen LogP contribution in [0.4, 0.5) is 11.4 Å². The SMILES string of the molecule is CC(C)(C)c1ccc(Nc2cc3sc4ccc(C(C)(C)C)cc4c3cc2-c2c3c4c(c5cc(C(C)(C)C)ccc5n4-c4cc5c(cc4B3)-c3ccccc3C5(C)C)c3sc4ccccc4c23)cc1. The van der Waals surface area contributed by atoms with Gasteiger partial charge in [0, 0.05) is 79.2 Å². The van der Waals surface area contributed by atoms with Crippen LogP contribution < -0.4 is 16.2 Å². The van der Waals surface area contributed by atoms with Gasteiger partial charge < -0.3 is 9.88 Å². The fourth-order valence-corrected chi connectivity index (χ4v) is 14.2. The molecule has 0 saturated carbocycles. The summed E-state index contributed by atoms with van der Waals surface area (Å²) in [7, 11) is 0.829. The Bertz CT molecular complexity index is 3980. The van der Waals surface area contributed by atoms with Crippen molar-refractivity contribution in [3.05, 3.63) is 161 Å². The van der Waals surface area contributed by atoms with Crippen molar-refractivity contribution < 1.29 is 0 Å². The number of rotatable bonds is 3. The van der Waals surface area contributed by atoms with Crippen molar-refractivity contribution in [3.63, 3.8) is 0 Å². The average Bonchev–Trinajstić information content (AvgIpc) is 4.02. The van der Waals surface area contributed by atoms with Crippen LogP contribution >= 0.6 is 22.7 Å². The molecule has 1 aliphatic carbocycles. The third kappa shape index (κ3) is 6.00. The smallest absolute Gasteiger partial charge is 0.198 e. The van der Waals surface area contributed by atoms with Crippen molar-refractivity contribution >= 4 is 114 Å². The van der Waals surface area contributed by atoms with Crippen LogP contribution in [0.1, 0.15) is 104 Å². The number of aromatic nitrogens is 1. The van der Waals surface area contributed by atoms with E-state index in [-0.39, 0.29) is 21.7 Å². The van der Waals surface area contributed by atoms with Crippen molar-refractivity contribution in [3.8, 4) is 27.9 Å². The maximum atomic E-state index is 4.09. The molecule has 2 nitrogen and oxygen atoms in total. The van der Waals surface area contributed by atoms with Gasteiger partial charge in [-0.25, -0.2) is 0 Å². The van der Waals surface area contributed by atoms with Crippen LogP contribution in [0.2, 0.25) is 0 Å². The number of hydrogen-bond donors (Lipinski definition) is 1. The normalized spacial score (nSPS) is 14.3. The summed E-state index contributed by atoms with van der Waals surface area (Å²) in [4.78, 5) is 0. The summed E-state index contributed by atoms with van der Waals surface area (Å²) in [6.07, 6.45) is 0. The van der Waals surface area contributed by atoms with Gasteiger partial charge in [0.1, 0.15) is 0 Å². The predicted molar refractivity (Wildman–Crippen MR) is 302 cm³/mol. The highest BCUT2D eigenvalue weighted by atomic mass is 32.1. The first-order valence-corrected chi connectivity index (χ1v) is 26.1. The first-order valence-electron chi connectivity index (χ1n) is 24.5. The van der Waals surface area contributed by atoms with Gasteiger partial charge in [0.05, 0.1) is 11.0 Å². The molecule has 0 atom stereocenters. The second-order valence-electron chi connectivity index (χ2n) is 23.5. The third-order valence-electron chi connectivity index (χ3n) is 15.7. The zero-order valence-electron chi connectivity index (χ0n) is 41.2.